The lowest BCUT2D eigenvalue weighted by atomic mass is 10.1. The molecule has 0 aliphatic rings. The van der Waals surface area contributed by atoms with Gasteiger partial charge in [-0.2, -0.15) is 0 Å². The van der Waals surface area contributed by atoms with Crippen LogP contribution in [0, 0.1) is 0 Å². The summed E-state index contributed by atoms with van der Waals surface area (Å²) in [5, 5.41) is 2.68. The highest BCUT2D eigenvalue weighted by molar-refractivity contribution is 7.99. The van der Waals surface area contributed by atoms with Crippen LogP contribution in [0.15, 0.2) is 82.6 Å². The van der Waals surface area contributed by atoms with Gasteiger partial charge < -0.3 is 0 Å². The Labute approximate surface area is 129 Å². The summed E-state index contributed by atoms with van der Waals surface area (Å²) in [6, 6.07) is 25.2. The normalized spacial score (nSPS) is 9.90. The second-order valence-corrected chi connectivity index (χ2v) is 5.93. The van der Waals surface area contributed by atoms with Crippen LogP contribution in [0.3, 0.4) is 0 Å². The standard InChI is InChI=1S/C11H10S.C7H8S/c1-12-11-8-4-6-9-5-2-3-7-10(9)11;1-8-7-5-3-2-4-6-7/h2-8H,1H3;2-6H,1H3. The maximum absolute atomic E-state index is 2.17. The van der Waals surface area contributed by atoms with Gasteiger partial charge in [0.15, 0.2) is 0 Å². The van der Waals surface area contributed by atoms with E-state index in [4.69, 9.17) is 0 Å². The monoisotopic (exact) mass is 298 g/mol. The average Bonchev–Trinajstić information content (AvgIpc) is 2.55. The lowest BCUT2D eigenvalue weighted by Gasteiger charge is -2.01. The van der Waals surface area contributed by atoms with Gasteiger partial charge in [-0.25, -0.2) is 0 Å². The molecule has 0 aliphatic heterocycles. The van der Waals surface area contributed by atoms with Gasteiger partial charge in [-0.1, -0.05) is 54.6 Å². The molecule has 0 bridgehead atoms. The Balaban J connectivity index is 0.000000160. The molecule has 0 nitrogen and oxygen atoms in total. The molecule has 0 aliphatic carbocycles. The van der Waals surface area contributed by atoms with Gasteiger partial charge in [0.2, 0.25) is 0 Å². The quantitative estimate of drug-likeness (QED) is 0.534. The molecule has 102 valence electrons. The first kappa shape index (κ1) is 15.0. The summed E-state index contributed by atoms with van der Waals surface area (Å²) in [4.78, 5) is 2.68. The summed E-state index contributed by atoms with van der Waals surface area (Å²) in [7, 11) is 0. The van der Waals surface area contributed by atoms with Crippen molar-refractivity contribution in [1.29, 1.82) is 0 Å². The Hall–Kier alpha value is -1.38. The maximum atomic E-state index is 2.17. The SMILES string of the molecule is CSc1cccc2ccccc12.CSc1ccccc1. The molecule has 0 amide bonds. The lowest BCUT2D eigenvalue weighted by molar-refractivity contribution is 1.47. The summed E-state index contributed by atoms with van der Waals surface area (Å²) >= 11 is 3.57. The van der Waals surface area contributed by atoms with Gasteiger partial charge in [0.25, 0.3) is 0 Å². The second kappa shape index (κ2) is 8.03. The summed E-state index contributed by atoms with van der Waals surface area (Å²) in [5.74, 6) is 0. The van der Waals surface area contributed by atoms with Crippen molar-refractivity contribution in [3.05, 3.63) is 72.8 Å². The van der Waals surface area contributed by atoms with E-state index < -0.39 is 0 Å². The van der Waals surface area contributed by atoms with Crippen molar-refractivity contribution in [3.63, 3.8) is 0 Å². The topological polar surface area (TPSA) is 0 Å². The molecule has 0 fully saturated rings. The van der Waals surface area contributed by atoms with Crippen LogP contribution in [0.2, 0.25) is 0 Å². The zero-order chi connectivity index (χ0) is 14.2. The minimum atomic E-state index is 1.32. The van der Waals surface area contributed by atoms with E-state index in [2.05, 4.69) is 67.1 Å². The van der Waals surface area contributed by atoms with Crippen molar-refractivity contribution in [2.45, 2.75) is 9.79 Å². The first-order valence-corrected chi connectivity index (χ1v) is 8.91. The highest BCUT2D eigenvalue weighted by atomic mass is 32.2. The summed E-state index contributed by atoms with van der Waals surface area (Å²) in [6.07, 6.45) is 4.19. The van der Waals surface area contributed by atoms with Crippen LogP contribution in [0.4, 0.5) is 0 Å². The van der Waals surface area contributed by atoms with Gasteiger partial charge >= 0.3 is 0 Å². The molecule has 20 heavy (non-hydrogen) atoms. The first-order chi connectivity index (χ1) is 9.85. The van der Waals surface area contributed by atoms with Crippen LogP contribution in [-0.2, 0) is 0 Å². The van der Waals surface area contributed by atoms with Crippen molar-refractivity contribution in [2.24, 2.45) is 0 Å². The van der Waals surface area contributed by atoms with Gasteiger partial charge in [-0.05, 0) is 41.5 Å². The predicted molar refractivity (Wildman–Crippen MR) is 94.0 cm³/mol. The first-order valence-electron chi connectivity index (χ1n) is 6.46. The predicted octanol–water partition coefficient (Wildman–Crippen LogP) is 5.97. The Morgan fingerprint density at radius 2 is 1.25 bits per heavy atom. The van der Waals surface area contributed by atoms with Gasteiger partial charge in [0, 0.05) is 9.79 Å². The van der Waals surface area contributed by atoms with E-state index in [1.54, 1.807) is 23.5 Å². The molecule has 3 aromatic rings. The summed E-state index contributed by atoms with van der Waals surface area (Å²) in [5.41, 5.74) is 0. The molecule has 0 N–H and O–H groups in total. The van der Waals surface area contributed by atoms with Gasteiger partial charge in [0.05, 0.1) is 0 Å². The maximum Gasteiger partial charge on any atom is 0.0148 e. The average molecular weight is 298 g/mol. The Morgan fingerprint density at radius 1 is 0.600 bits per heavy atom. The lowest BCUT2D eigenvalue weighted by Crippen LogP contribution is -1.74. The number of benzene rings is 3. The molecule has 0 saturated carbocycles. The summed E-state index contributed by atoms with van der Waals surface area (Å²) < 4.78 is 0. The van der Waals surface area contributed by atoms with Crippen LogP contribution in [0.1, 0.15) is 0 Å². The Kier molecular flexibility index (Phi) is 6.03. The highest BCUT2D eigenvalue weighted by Gasteiger charge is 1.96. The molecule has 3 aromatic carbocycles. The number of thioether (sulfide) groups is 2. The van der Waals surface area contributed by atoms with Crippen molar-refractivity contribution >= 4 is 34.3 Å². The zero-order valence-corrected chi connectivity index (χ0v) is 13.4. The molecule has 0 saturated heterocycles. The summed E-state index contributed by atoms with van der Waals surface area (Å²) in [6.45, 7) is 0. The van der Waals surface area contributed by atoms with Gasteiger partial charge in [-0.15, -0.1) is 23.5 Å². The van der Waals surface area contributed by atoms with E-state index >= 15 is 0 Å². The van der Waals surface area contributed by atoms with Crippen molar-refractivity contribution in [2.75, 3.05) is 12.5 Å². The van der Waals surface area contributed by atoms with E-state index in [1.807, 2.05) is 18.2 Å². The van der Waals surface area contributed by atoms with E-state index in [-0.39, 0.29) is 0 Å². The van der Waals surface area contributed by atoms with E-state index in [9.17, 15) is 0 Å². The third-order valence-corrected chi connectivity index (χ3v) is 4.49. The van der Waals surface area contributed by atoms with Crippen LogP contribution < -0.4 is 0 Å². The van der Waals surface area contributed by atoms with Crippen LogP contribution >= 0.6 is 23.5 Å². The second-order valence-electron chi connectivity index (χ2n) is 4.20. The molecule has 0 unspecified atom stereocenters. The molecule has 0 spiro atoms. The van der Waals surface area contributed by atoms with Gasteiger partial charge in [0.1, 0.15) is 0 Å². The minimum absolute atomic E-state index is 1.32. The molecular formula is C18H18S2. The van der Waals surface area contributed by atoms with E-state index in [1.165, 1.54) is 20.6 Å². The fourth-order valence-electron chi connectivity index (χ4n) is 1.93. The number of hydrogen-bond donors (Lipinski definition) is 0. The van der Waals surface area contributed by atoms with Crippen LogP contribution in [0.25, 0.3) is 10.8 Å². The number of rotatable bonds is 2. The van der Waals surface area contributed by atoms with E-state index in [0.717, 1.165) is 0 Å². The zero-order valence-electron chi connectivity index (χ0n) is 11.7. The molecule has 3 rings (SSSR count). The fourth-order valence-corrected chi connectivity index (χ4v) is 2.98. The molecule has 0 radical (unpaired) electrons. The smallest absolute Gasteiger partial charge is 0.0148 e. The number of hydrogen-bond acceptors (Lipinski definition) is 2. The molecular weight excluding hydrogens is 280 g/mol. The van der Waals surface area contributed by atoms with Crippen LogP contribution in [-0.4, -0.2) is 12.5 Å². The Morgan fingerprint density at radius 3 is 1.90 bits per heavy atom. The van der Waals surface area contributed by atoms with Crippen LogP contribution in [0.5, 0.6) is 0 Å². The highest BCUT2D eigenvalue weighted by Crippen LogP contribution is 2.25. The molecule has 0 heterocycles. The Bertz CT molecular complexity index is 642. The van der Waals surface area contributed by atoms with Crippen molar-refractivity contribution in [1.82, 2.24) is 0 Å². The van der Waals surface area contributed by atoms with Gasteiger partial charge in [-0.3, -0.25) is 0 Å². The van der Waals surface area contributed by atoms with Crippen molar-refractivity contribution < 1.29 is 0 Å². The third kappa shape index (κ3) is 4.06. The molecule has 0 aromatic heterocycles. The molecule has 2 heteroatoms. The van der Waals surface area contributed by atoms with Crippen molar-refractivity contribution in [3.8, 4) is 0 Å². The largest absolute Gasteiger partial charge is 0.130 e. The minimum Gasteiger partial charge on any atom is -0.130 e. The molecule has 0 atom stereocenters. The number of fused-ring (bicyclic) bond motifs is 1. The fraction of sp³-hybridized carbons (Fsp3) is 0.111. The van der Waals surface area contributed by atoms with E-state index in [0.29, 0.717) is 0 Å². The third-order valence-electron chi connectivity index (χ3n) is 2.95.